The third kappa shape index (κ3) is 4.88. The number of rotatable bonds is 8. The van der Waals surface area contributed by atoms with Crippen LogP contribution in [0.25, 0.3) is 0 Å². The van der Waals surface area contributed by atoms with Crippen LogP contribution in [0.3, 0.4) is 0 Å². The zero-order valence-corrected chi connectivity index (χ0v) is 15.7. The number of unbranched alkanes of at least 4 members (excludes halogenated alkanes) is 1. The van der Waals surface area contributed by atoms with Crippen molar-refractivity contribution < 1.29 is 4.74 Å². The van der Waals surface area contributed by atoms with Gasteiger partial charge in [-0.25, -0.2) is 9.97 Å². The highest BCUT2D eigenvalue weighted by molar-refractivity contribution is 5.78. The second-order valence-corrected chi connectivity index (χ2v) is 6.30. The monoisotopic (exact) mass is 363 g/mol. The van der Waals surface area contributed by atoms with Crippen molar-refractivity contribution in [3.63, 3.8) is 0 Å². The summed E-state index contributed by atoms with van der Waals surface area (Å²) >= 11 is 0. The summed E-state index contributed by atoms with van der Waals surface area (Å²) in [5.41, 5.74) is 7.70. The highest BCUT2D eigenvalue weighted by Gasteiger charge is 2.12. The maximum absolute atomic E-state index is 6.28. The van der Waals surface area contributed by atoms with Gasteiger partial charge in [0, 0.05) is 19.3 Å². The third-order valence-electron chi connectivity index (χ3n) is 4.17. The molecule has 6 heteroatoms. The quantitative estimate of drug-likeness (QED) is 0.597. The summed E-state index contributed by atoms with van der Waals surface area (Å²) in [6, 6.07) is 17.4. The molecule has 0 radical (unpaired) electrons. The summed E-state index contributed by atoms with van der Waals surface area (Å²) < 4.78 is 5.81. The van der Waals surface area contributed by atoms with E-state index < -0.39 is 0 Å². The molecule has 1 heterocycles. The van der Waals surface area contributed by atoms with Gasteiger partial charge in [0.15, 0.2) is 11.6 Å². The van der Waals surface area contributed by atoms with Crippen molar-refractivity contribution in [2.75, 3.05) is 29.5 Å². The summed E-state index contributed by atoms with van der Waals surface area (Å²) in [5, 5.41) is 3.26. The van der Waals surface area contributed by atoms with E-state index in [-0.39, 0.29) is 0 Å². The molecule has 0 spiro atoms. The highest BCUT2D eigenvalue weighted by Crippen LogP contribution is 2.29. The second kappa shape index (κ2) is 8.89. The smallest absolute Gasteiger partial charge is 0.159 e. The number of anilines is 4. The number of nitrogens with zero attached hydrogens (tertiary/aromatic N) is 3. The van der Waals surface area contributed by atoms with Crippen molar-refractivity contribution in [2.24, 2.45) is 0 Å². The lowest BCUT2D eigenvalue weighted by atomic mass is 10.3. The van der Waals surface area contributed by atoms with Crippen LogP contribution in [-0.4, -0.2) is 23.6 Å². The molecule has 6 nitrogen and oxygen atoms in total. The van der Waals surface area contributed by atoms with Crippen molar-refractivity contribution >= 4 is 23.0 Å². The van der Waals surface area contributed by atoms with E-state index in [0.717, 1.165) is 42.4 Å². The number of benzene rings is 2. The van der Waals surface area contributed by atoms with E-state index >= 15 is 0 Å². The van der Waals surface area contributed by atoms with Gasteiger partial charge in [0.2, 0.25) is 0 Å². The van der Waals surface area contributed by atoms with Gasteiger partial charge in [0.25, 0.3) is 0 Å². The molecule has 3 N–H and O–H groups in total. The van der Waals surface area contributed by atoms with Gasteiger partial charge >= 0.3 is 0 Å². The molecule has 1 aromatic heterocycles. The minimum Gasteiger partial charge on any atom is -0.457 e. The molecule has 0 saturated heterocycles. The predicted octanol–water partition coefficient (Wildman–Crippen LogP) is 4.83. The summed E-state index contributed by atoms with van der Waals surface area (Å²) in [7, 11) is 1.99. The molecule has 0 amide bonds. The Labute approximate surface area is 160 Å². The maximum Gasteiger partial charge on any atom is 0.159 e. The molecular weight excluding hydrogens is 338 g/mol. The van der Waals surface area contributed by atoms with Gasteiger partial charge in [-0.3, -0.25) is 0 Å². The lowest BCUT2D eigenvalue weighted by Crippen LogP contribution is -2.21. The molecule has 140 valence electrons. The normalized spacial score (nSPS) is 10.4. The van der Waals surface area contributed by atoms with Crippen molar-refractivity contribution in [3.05, 3.63) is 60.9 Å². The summed E-state index contributed by atoms with van der Waals surface area (Å²) in [4.78, 5) is 10.7. The van der Waals surface area contributed by atoms with Gasteiger partial charge in [0.1, 0.15) is 23.5 Å². The number of hydrogen-bond acceptors (Lipinski definition) is 6. The van der Waals surface area contributed by atoms with Crippen molar-refractivity contribution in [3.8, 4) is 11.5 Å². The first-order valence-corrected chi connectivity index (χ1v) is 9.09. The number of nitrogen functional groups attached to an aromatic ring is 1. The molecule has 27 heavy (non-hydrogen) atoms. The van der Waals surface area contributed by atoms with E-state index in [1.165, 1.54) is 6.33 Å². The number of nitrogens with one attached hydrogen (secondary N) is 1. The van der Waals surface area contributed by atoms with Crippen LogP contribution in [0.2, 0.25) is 0 Å². The number of aromatic nitrogens is 2. The molecule has 0 unspecified atom stereocenters. The van der Waals surface area contributed by atoms with Gasteiger partial charge in [0.05, 0.1) is 0 Å². The Morgan fingerprint density at radius 3 is 2.41 bits per heavy atom. The average Bonchev–Trinajstić information content (AvgIpc) is 2.70. The Morgan fingerprint density at radius 2 is 1.70 bits per heavy atom. The van der Waals surface area contributed by atoms with E-state index in [0.29, 0.717) is 11.5 Å². The number of nitrogens with two attached hydrogens (primary N) is 1. The Hall–Kier alpha value is -3.28. The van der Waals surface area contributed by atoms with Crippen molar-refractivity contribution in [1.82, 2.24) is 9.97 Å². The van der Waals surface area contributed by atoms with Crippen LogP contribution < -0.4 is 20.7 Å². The largest absolute Gasteiger partial charge is 0.457 e. The van der Waals surface area contributed by atoms with Gasteiger partial charge in [-0.05, 0) is 42.8 Å². The summed E-state index contributed by atoms with van der Waals surface area (Å²) in [5.74, 6) is 2.91. The SMILES string of the molecule is CCCCN(C)c1ncnc(Nc2ccc(Oc3ccccc3)cc2)c1N. The van der Waals surface area contributed by atoms with Crippen LogP contribution in [0.15, 0.2) is 60.9 Å². The molecule has 0 bridgehead atoms. The van der Waals surface area contributed by atoms with Crippen LogP contribution in [0.1, 0.15) is 19.8 Å². The third-order valence-corrected chi connectivity index (χ3v) is 4.17. The highest BCUT2D eigenvalue weighted by atomic mass is 16.5. The first-order valence-electron chi connectivity index (χ1n) is 9.09. The Balaban J connectivity index is 1.70. The first kappa shape index (κ1) is 18.5. The molecular formula is C21H25N5O. The van der Waals surface area contributed by atoms with E-state index in [4.69, 9.17) is 10.5 Å². The molecule has 2 aromatic carbocycles. The van der Waals surface area contributed by atoms with Crippen LogP contribution in [0, 0.1) is 0 Å². The van der Waals surface area contributed by atoms with Crippen LogP contribution in [0.5, 0.6) is 11.5 Å². The molecule has 0 aliphatic rings. The van der Waals surface area contributed by atoms with Crippen molar-refractivity contribution in [1.29, 1.82) is 0 Å². The minimum atomic E-state index is 0.542. The van der Waals surface area contributed by atoms with Gasteiger partial charge in [-0.1, -0.05) is 31.5 Å². The second-order valence-electron chi connectivity index (χ2n) is 6.30. The fraction of sp³-hybridized carbons (Fsp3) is 0.238. The van der Waals surface area contributed by atoms with E-state index in [2.05, 4.69) is 27.1 Å². The number of ether oxygens (including phenoxy) is 1. The fourth-order valence-corrected chi connectivity index (χ4v) is 2.66. The van der Waals surface area contributed by atoms with Crippen LogP contribution >= 0.6 is 0 Å². The van der Waals surface area contributed by atoms with E-state index in [9.17, 15) is 0 Å². The van der Waals surface area contributed by atoms with E-state index in [1.54, 1.807) is 0 Å². The minimum absolute atomic E-state index is 0.542. The molecule has 0 aliphatic heterocycles. The zero-order valence-electron chi connectivity index (χ0n) is 15.7. The van der Waals surface area contributed by atoms with Gasteiger partial charge in [-0.15, -0.1) is 0 Å². The van der Waals surface area contributed by atoms with Gasteiger partial charge < -0.3 is 20.7 Å². The fourth-order valence-electron chi connectivity index (χ4n) is 2.66. The standard InChI is InChI=1S/C21H25N5O/c1-3-4-14-26(2)21-19(22)20(23-15-24-21)25-16-10-12-18(13-11-16)27-17-8-6-5-7-9-17/h5-13,15H,3-4,14,22H2,1-2H3,(H,23,24,25). The maximum atomic E-state index is 6.28. The average molecular weight is 363 g/mol. The molecule has 0 saturated carbocycles. The van der Waals surface area contributed by atoms with Crippen molar-refractivity contribution in [2.45, 2.75) is 19.8 Å². The lowest BCUT2D eigenvalue weighted by molar-refractivity contribution is 0.483. The molecule has 0 fully saturated rings. The lowest BCUT2D eigenvalue weighted by Gasteiger charge is -2.20. The molecule has 0 aliphatic carbocycles. The zero-order chi connectivity index (χ0) is 19.1. The van der Waals surface area contributed by atoms with Gasteiger partial charge in [-0.2, -0.15) is 0 Å². The predicted molar refractivity (Wildman–Crippen MR) is 111 cm³/mol. The Kier molecular flexibility index (Phi) is 6.10. The topological polar surface area (TPSA) is 76.3 Å². The Morgan fingerprint density at radius 1 is 1.00 bits per heavy atom. The number of hydrogen-bond donors (Lipinski definition) is 2. The van der Waals surface area contributed by atoms with Crippen LogP contribution in [0.4, 0.5) is 23.0 Å². The number of para-hydroxylation sites is 1. The first-order chi connectivity index (χ1) is 13.2. The molecule has 0 atom stereocenters. The van der Waals surface area contributed by atoms with E-state index in [1.807, 2.05) is 61.6 Å². The Bertz CT molecular complexity index is 852. The summed E-state index contributed by atoms with van der Waals surface area (Å²) in [6.45, 7) is 3.07. The molecule has 3 rings (SSSR count). The summed E-state index contributed by atoms with van der Waals surface area (Å²) in [6.07, 6.45) is 3.74. The van der Waals surface area contributed by atoms with Crippen LogP contribution in [-0.2, 0) is 0 Å². The molecule has 3 aromatic rings.